The summed E-state index contributed by atoms with van der Waals surface area (Å²) in [5.41, 5.74) is 9.18. The Morgan fingerprint density at radius 2 is 1.94 bits per heavy atom. The smallest absolute Gasteiger partial charge is 0.243 e. The minimum atomic E-state index is -0.421. The maximum Gasteiger partial charge on any atom is 0.243 e. The number of carbonyl (C=O) groups is 1. The summed E-state index contributed by atoms with van der Waals surface area (Å²) in [6, 6.07) is 5.65. The fourth-order valence-corrected chi connectivity index (χ4v) is 2.16. The van der Waals surface area contributed by atoms with Gasteiger partial charge in [-0.05, 0) is 37.8 Å². The van der Waals surface area contributed by atoms with Crippen molar-refractivity contribution in [3.63, 3.8) is 0 Å². The lowest BCUT2D eigenvalue weighted by molar-refractivity contribution is -0.119. The fraction of sp³-hybridized carbons (Fsp3) is 0.533. The first-order chi connectivity index (χ1) is 8.32. The van der Waals surface area contributed by atoms with Gasteiger partial charge in [0, 0.05) is 12.7 Å². The molecule has 2 N–H and O–H groups in total. The predicted octanol–water partition coefficient (Wildman–Crippen LogP) is 2.64. The standard InChI is InChI=1S/C15H24N2O/c1-10(2)8-13(16)15(18)17(5)14-7-6-11(3)9-12(14)4/h6-7,9-10,13H,8,16H2,1-5H3/t13-/m0/s1. The Bertz CT molecular complexity index is 427. The lowest BCUT2D eigenvalue weighted by atomic mass is 10.0. The third-order valence-electron chi connectivity index (χ3n) is 3.09. The first kappa shape index (κ1) is 14.7. The number of anilines is 1. The monoisotopic (exact) mass is 248 g/mol. The Morgan fingerprint density at radius 1 is 1.33 bits per heavy atom. The summed E-state index contributed by atoms with van der Waals surface area (Å²) in [7, 11) is 1.79. The number of aryl methyl sites for hydroxylation is 2. The van der Waals surface area contributed by atoms with Crippen LogP contribution in [0.4, 0.5) is 5.69 Å². The van der Waals surface area contributed by atoms with Gasteiger partial charge < -0.3 is 10.6 Å². The summed E-state index contributed by atoms with van der Waals surface area (Å²) in [5.74, 6) is 0.409. The maximum absolute atomic E-state index is 12.2. The zero-order valence-electron chi connectivity index (χ0n) is 12.0. The number of carbonyl (C=O) groups excluding carboxylic acids is 1. The van der Waals surface area contributed by atoms with Gasteiger partial charge in [0.2, 0.25) is 5.91 Å². The molecule has 0 radical (unpaired) electrons. The van der Waals surface area contributed by atoms with E-state index in [0.717, 1.165) is 11.3 Å². The Hall–Kier alpha value is -1.35. The van der Waals surface area contributed by atoms with Crippen molar-refractivity contribution in [1.29, 1.82) is 0 Å². The van der Waals surface area contributed by atoms with Crippen LogP contribution in [0.5, 0.6) is 0 Å². The van der Waals surface area contributed by atoms with Crippen molar-refractivity contribution in [2.75, 3.05) is 11.9 Å². The predicted molar refractivity (Wildman–Crippen MR) is 76.8 cm³/mol. The van der Waals surface area contributed by atoms with E-state index in [4.69, 9.17) is 5.73 Å². The minimum Gasteiger partial charge on any atom is -0.320 e. The van der Waals surface area contributed by atoms with Crippen LogP contribution in [0.25, 0.3) is 0 Å². The fourth-order valence-electron chi connectivity index (χ4n) is 2.16. The van der Waals surface area contributed by atoms with Gasteiger partial charge in [-0.1, -0.05) is 31.5 Å². The van der Waals surface area contributed by atoms with Crippen LogP contribution in [0.15, 0.2) is 18.2 Å². The lowest BCUT2D eigenvalue weighted by Gasteiger charge is -2.24. The molecule has 0 unspecified atom stereocenters. The second-order valence-corrected chi connectivity index (χ2v) is 5.42. The van der Waals surface area contributed by atoms with Crippen LogP contribution in [0.3, 0.4) is 0 Å². The van der Waals surface area contributed by atoms with Gasteiger partial charge >= 0.3 is 0 Å². The number of hydrogen-bond donors (Lipinski definition) is 1. The Morgan fingerprint density at radius 3 is 2.44 bits per heavy atom. The number of benzene rings is 1. The van der Waals surface area contributed by atoms with E-state index in [0.29, 0.717) is 12.3 Å². The molecule has 3 nitrogen and oxygen atoms in total. The summed E-state index contributed by atoms with van der Waals surface area (Å²) in [6.45, 7) is 8.21. The molecule has 0 saturated carbocycles. The van der Waals surface area contributed by atoms with Gasteiger partial charge in [-0.25, -0.2) is 0 Å². The van der Waals surface area contributed by atoms with Crippen molar-refractivity contribution in [3.8, 4) is 0 Å². The van der Waals surface area contributed by atoms with Gasteiger partial charge in [0.15, 0.2) is 0 Å². The summed E-state index contributed by atoms with van der Waals surface area (Å²) in [6.07, 6.45) is 0.716. The average Bonchev–Trinajstić information content (AvgIpc) is 2.26. The van der Waals surface area contributed by atoms with Gasteiger partial charge in [0.05, 0.1) is 6.04 Å². The van der Waals surface area contributed by atoms with Gasteiger partial charge in [-0.2, -0.15) is 0 Å². The van der Waals surface area contributed by atoms with Gasteiger partial charge in [0.25, 0.3) is 0 Å². The minimum absolute atomic E-state index is 0.0179. The molecule has 0 aromatic heterocycles. The highest BCUT2D eigenvalue weighted by Crippen LogP contribution is 2.21. The van der Waals surface area contributed by atoms with Crippen LogP contribution >= 0.6 is 0 Å². The Kier molecular flexibility index (Phi) is 4.91. The van der Waals surface area contributed by atoms with E-state index in [1.807, 2.05) is 26.0 Å². The highest BCUT2D eigenvalue weighted by atomic mass is 16.2. The van der Waals surface area contributed by atoms with E-state index in [2.05, 4.69) is 19.9 Å². The highest BCUT2D eigenvalue weighted by Gasteiger charge is 2.20. The number of amides is 1. The van der Waals surface area contributed by atoms with Crippen LogP contribution in [0, 0.1) is 19.8 Å². The first-order valence-corrected chi connectivity index (χ1v) is 6.43. The highest BCUT2D eigenvalue weighted by molar-refractivity contribution is 5.97. The van der Waals surface area contributed by atoms with Crippen molar-refractivity contribution in [1.82, 2.24) is 0 Å². The van der Waals surface area contributed by atoms with Crippen molar-refractivity contribution < 1.29 is 4.79 Å². The molecule has 1 atom stereocenters. The molecule has 0 aliphatic rings. The lowest BCUT2D eigenvalue weighted by Crippen LogP contribution is -2.42. The SMILES string of the molecule is Cc1ccc(N(C)C(=O)[C@@H](N)CC(C)C)c(C)c1. The molecule has 0 saturated heterocycles. The molecule has 0 aliphatic heterocycles. The van der Waals surface area contributed by atoms with Crippen LogP contribution in [0.2, 0.25) is 0 Å². The van der Waals surface area contributed by atoms with Gasteiger partial charge in [0.1, 0.15) is 0 Å². The second kappa shape index (κ2) is 6.01. The summed E-state index contributed by atoms with van der Waals surface area (Å²) >= 11 is 0. The average molecular weight is 248 g/mol. The molecule has 1 aromatic rings. The topological polar surface area (TPSA) is 46.3 Å². The molecule has 0 heterocycles. The molecule has 0 aliphatic carbocycles. The Balaban J connectivity index is 2.86. The van der Waals surface area contributed by atoms with Crippen LogP contribution < -0.4 is 10.6 Å². The summed E-state index contributed by atoms with van der Waals surface area (Å²) in [5, 5.41) is 0. The molecule has 3 heteroatoms. The molecule has 0 bridgehead atoms. The molecule has 100 valence electrons. The van der Waals surface area contributed by atoms with Gasteiger partial charge in [-0.3, -0.25) is 4.79 Å². The first-order valence-electron chi connectivity index (χ1n) is 6.43. The van der Waals surface area contributed by atoms with E-state index in [9.17, 15) is 4.79 Å². The van der Waals surface area contributed by atoms with Crippen LogP contribution in [-0.2, 0) is 4.79 Å². The maximum atomic E-state index is 12.2. The second-order valence-electron chi connectivity index (χ2n) is 5.42. The zero-order chi connectivity index (χ0) is 13.9. The largest absolute Gasteiger partial charge is 0.320 e. The molecule has 0 fully saturated rings. The molecule has 18 heavy (non-hydrogen) atoms. The molecule has 1 amide bonds. The van der Waals surface area contributed by atoms with Crippen LogP contribution in [-0.4, -0.2) is 19.0 Å². The zero-order valence-corrected chi connectivity index (χ0v) is 12.0. The van der Waals surface area contributed by atoms with Crippen molar-refractivity contribution in [3.05, 3.63) is 29.3 Å². The van der Waals surface area contributed by atoms with E-state index in [-0.39, 0.29) is 5.91 Å². The molecular weight excluding hydrogens is 224 g/mol. The van der Waals surface area contributed by atoms with Crippen molar-refractivity contribution >= 4 is 11.6 Å². The molecular formula is C15H24N2O. The van der Waals surface area contributed by atoms with Crippen molar-refractivity contribution in [2.24, 2.45) is 11.7 Å². The van der Waals surface area contributed by atoms with E-state index < -0.39 is 6.04 Å². The molecule has 0 spiro atoms. The number of rotatable bonds is 4. The number of nitrogens with two attached hydrogens (primary N) is 1. The third kappa shape index (κ3) is 3.57. The summed E-state index contributed by atoms with van der Waals surface area (Å²) < 4.78 is 0. The quantitative estimate of drug-likeness (QED) is 0.890. The normalized spacial score (nSPS) is 12.6. The number of hydrogen-bond acceptors (Lipinski definition) is 2. The van der Waals surface area contributed by atoms with E-state index in [1.165, 1.54) is 5.56 Å². The number of nitrogens with zero attached hydrogens (tertiary/aromatic N) is 1. The molecule has 1 aromatic carbocycles. The summed E-state index contributed by atoms with van der Waals surface area (Å²) in [4.78, 5) is 13.9. The van der Waals surface area contributed by atoms with E-state index in [1.54, 1.807) is 11.9 Å². The Labute approximate surface area is 110 Å². The molecule has 1 rings (SSSR count). The van der Waals surface area contributed by atoms with Gasteiger partial charge in [-0.15, -0.1) is 0 Å². The van der Waals surface area contributed by atoms with Crippen molar-refractivity contribution in [2.45, 2.75) is 40.2 Å². The van der Waals surface area contributed by atoms with Crippen LogP contribution in [0.1, 0.15) is 31.4 Å². The third-order valence-corrected chi connectivity index (χ3v) is 3.09. The van der Waals surface area contributed by atoms with E-state index >= 15 is 0 Å². The number of likely N-dealkylation sites (N-methyl/N-ethyl adjacent to an activating group) is 1.